The van der Waals surface area contributed by atoms with Crippen LogP contribution in [-0.2, 0) is 6.42 Å². The molecular weight excluding hydrogens is 258 g/mol. The van der Waals surface area contributed by atoms with Crippen LogP contribution in [0.2, 0.25) is 5.02 Å². The summed E-state index contributed by atoms with van der Waals surface area (Å²) in [6, 6.07) is 15.5. The molecule has 1 aliphatic heterocycles. The highest BCUT2D eigenvalue weighted by molar-refractivity contribution is 6.31. The molecule has 96 valence electrons. The normalized spacial score (nSPS) is 18.3. The number of nitrogens with one attached hydrogen (secondary N) is 1. The Hall–Kier alpha value is -1.84. The van der Waals surface area contributed by atoms with E-state index in [2.05, 4.69) is 0 Å². The van der Waals surface area contributed by atoms with Crippen LogP contribution in [0.1, 0.15) is 17.3 Å². The predicted molar refractivity (Wildman–Crippen MR) is 78.7 cm³/mol. The van der Waals surface area contributed by atoms with Gasteiger partial charge in [-0.2, -0.15) is 0 Å². The van der Waals surface area contributed by atoms with Crippen molar-refractivity contribution in [2.75, 3.05) is 4.90 Å². The molecule has 0 aromatic heterocycles. The molecule has 1 aliphatic rings. The standard InChI is InChI=1S/C15H14ClN3/c16-11-5-3-6-12(9-11)19-14(17)8-10-4-1-2-7-13(10)15(19)18/h1-7,9,15,17H,8,18H2. The van der Waals surface area contributed by atoms with Crippen LogP contribution in [0.15, 0.2) is 48.5 Å². The van der Waals surface area contributed by atoms with Gasteiger partial charge in [0.15, 0.2) is 0 Å². The molecule has 0 amide bonds. The van der Waals surface area contributed by atoms with E-state index in [1.807, 2.05) is 53.4 Å². The number of benzene rings is 2. The van der Waals surface area contributed by atoms with Crippen LogP contribution in [0.4, 0.5) is 5.69 Å². The maximum absolute atomic E-state index is 8.22. The molecule has 1 heterocycles. The lowest BCUT2D eigenvalue weighted by Crippen LogP contribution is -2.44. The van der Waals surface area contributed by atoms with Crippen molar-refractivity contribution in [1.82, 2.24) is 0 Å². The van der Waals surface area contributed by atoms with E-state index < -0.39 is 0 Å². The van der Waals surface area contributed by atoms with E-state index in [1.165, 1.54) is 0 Å². The van der Waals surface area contributed by atoms with Crippen LogP contribution in [0.25, 0.3) is 0 Å². The Morgan fingerprint density at radius 1 is 1.16 bits per heavy atom. The molecule has 2 aromatic rings. The summed E-state index contributed by atoms with van der Waals surface area (Å²) in [6.45, 7) is 0. The average molecular weight is 272 g/mol. The Balaban J connectivity index is 2.06. The van der Waals surface area contributed by atoms with E-state index in [0.717, 1.165) is 16.8 Å². The minimum atomic E-state index is -0.337. The van der Waals surface area contributed by atoms with Crippen LogP contribution in [0.5, 0.6) is 0 Å². The largest absolute Gasteiger partial charge is 0.310 e. The number of fused-ring (bicyclic) bond motifs is 1. The third-order valence-corrected chi connectivity index (χ3v) is 3.62. The highest BCUT2D eigenvalue weighted by Crippen LogP contribution is 2.32. The number of amidine groups is 1. The van der Waals surface area contributed by atoms with Crippen molar-refractivity contribution in [3.05, 3.63) is 64.7 Å². The van der Waals surface area contributed by atoms with Crippen molar-refractivity contribution < 1.29 is 0 Å². The summed E-state index contributed by atoms with van der Waals surface area (Å²) in [6.07, 6.45) is 0.257. The van der Waals surface area contributed by atoms with Gasteiger partial charge in [-0.25, -0.2) is 0 Å². The van der Waals surface area contributed by atoms with E-state index in [4.69, 9.17) is 22.7 Å². The maximum Gasteiger partial charge on any atom is 0.109 e. The summed E-state index contributed by atoms with van der Waals surface area (Å²) in [5, 5.41) is 8.87. The molecule has 0 spiro atoms. The van der Waals surface area contributed by atoms with Gasteiger partial charge < -0.3 is 10.6 Å². The number of nitrogens with zero attached hydrogens (tertiary/aromatic N) is 1. The SMILES string of the molecule is N=C1Cc2ccccc2C(N)N1c1cccc(Cl)c1. The van der Waals surface area contributed by atoms with E-state index in [0.29, 0.717) is 17.3 Å². The first kappa shape index (κ1) is 12.2. The van der Waals surface area contributed by atoms with Crippen molar-refractivity contribution in [2.45, 2.75) is 12.6 Å². The summed E-state index contributed by atoms with van der Waals surface area (Å²) in [5.41, 5.74) is 9.36. The van der Waals surface area contributed by atoms with Gasteiger partial charge in [0, 0.05) is 17.1 Å². The van der Waals surface area contributed by atoms with Gasteiger partial charge in [0.1, 0.15) is 12.0 Å². The second-order valence-electron chi connectivity index (χ2n) is 4.62. The molecule has 1 unspecified atom stereocenters. The molecule has 3 rings (SSSR count). The van der Waals surface area contributed by atoms with Gasteiger partial charge >= 0.3 is 0 Å². The van der Waals surface area contributed by atoms with Crippen LogP contribution in [0.3, 0.4) is 0 Å². The quantitative estimate of drug-likeness (QED) is 0.836. The van der Waals surface area contributed by atoms with Gasteiger partial charge in [-0.15, -0.1) is 0 Å². The van der Waals surface area contributed by atoms with E-state index in [-0.39, 0.29) is 6.17 Å². The van der Waals surface area contributed by atoms with Crippen molar-refractivity contribution in [2.24, 2.45) is 5.73 Å². The highest BCUT2D eigenvalue weighted by Gasteiger charge is 2.28. The number of hydrogen-bond donors (Lipinski definition) is 2. The Morgan fingerprint density at radius 2 is 1.95 bits per heavy atom. The topological polar surface area (TPSA) is 53.1 Å². The van der Waals surface area contributed by atoms with Gasteiger partial charge in [-0.3, -0.25) is 5.41 Å². The molecular formula is C15H14ClN3. The molecule has 0 bridgehead atoms. The summed E-state index contributed by atoms with van der Waals surface area (Å²) in [5.74, 6) is 0.494. The van der Waals surface area contributed by atoms with Crippen LogP contribution in [-0.4, -0.2) is 5.84 Å². The molecule has 0 radical (unpaired) electrons. The van der Waals surface area contributed by atoms with Gasteiger partial charge in [0.25, 0.3) is 0 Å². The summed E-state index contributed by atoms with van der Waals surface area (Å²) in [7, 11) is 0. The molecule has 0 aliphatic carbocycles. The summed E-state index contributed by atoms with van der Waals surface area (Å²) >= 11 is 6.02. The molecule has 2 aromatic carbocycles. The lowest BCUT2D eigenvalue weighted by atomic mass is 9.96. The fraction of sp³-hybridized carbons (Fsp3) is 0.133. The van der Waals surface area contributed by atoms with Crippen molar-refractivity contribution in [3.8, 4) is 0 Å². The van der Waals surface area contributed by atoms with Crippen molar-refractivity contribution in [1.29, 1.82) is 5.41 Å². The molecule has 4 heteroatoms. The minimum absolute atomic E-state index is 0.337. The zero-order valence-corrected chi connectivity index (χ0v) is 11.1. The smallest absolute Gasteiger partial charge is 0.109 e. The van der Waals surface area contributed by atoms with Gasteiger partial charge in [-0.05, 0) is 29.3 Å². The summed E-state index contributed by atoms with van der Waals surface area (Å²) < 4.78 is 0. The first-order chi connectivity index (χ1) is 9.16. The fourth-order valence-corrected chi connectivity index (χ4v) is 2.68. The molecule has 0 fully saturated rings. The van der Waals surface area contributed by atoms with E-state index >= 15 is 0 Å². The monoisotopic (exact) mass is 271 g/mol. The molecule has 3 nitrogen and oxygen atoms in total. The Bertz CT molecular complexity index is 639. The van der Waals surface area contributed by atoms with Gasteiger partial charge in [-0.1, -0.05) is 41.9 Å². The third kappa shape index (κ3) is 2.11. The van der Waals surface area contributed by atoms with Crippen molar-refractivity contribution >= 4 is 23.1 Å². The summed E-state index contributed by atoms with van der Waals surface area (Å²) in [4.78, 5) is 1.83. The van der Waals surface area contributed by atoms with Crippen LogP contribution in [0, 0.1) is 5.41 Å². The highest BCUT2D eigenvalue weighted by atomic mass is 35.5. The Labute approximate surface area is 117 Å². The number of rotatable bonds is 1. The molecule has 1 atom stereocenters. The van der Waals surface area contributed by atoms with Crippen molar-refractivity contribution in [3.63, 3.8) is 0 Å². The Kier molecular flexibility index (Phi) is 3.01. The second-order valence-corrected chi connectivity index (χ2v) is 5.05. The number of halogens is 1. The lowest BCUT2D eigenvalue weighted by Gasteiger charge is -2.36. The molecule has 0 saturated carbocycles. The molecule has 3 N–H and O–H groups in total. The van der Waals surface area contributed by atoms with Crippen LogP contribution < -0.4 is 10.6 Å². The lowest BCUT2D eigenvalue weighted by molar-refractivity contribution is 0.715. The first-order valence-electron chi connectivity index (χ1n) is 6.12. The third-order valence-electron chi connectivity index (χ3n) is 3.39. The minimum Gasteiger partial charge on any atom is -0.310 e. The van der Waals surface area contributed by atoms with E-state index in [1.54, 1.807) is 0 Å². The number of anilines is 1. The average Bonchev–Trinajstić information content (AvgIpc) is 2.39. The second kappa shape index (κ2) is 4.68. The number of nitrogens with two attached hydrogens (primary N) is 1. The zero-order chi connectivity index (χ0) is 13.4. The Morgan fingerprint density at radius 3 is 2.74 bits per heavy atom. The van der Waals surface area contributed by atoms with Gasteiger partial charge in [0.2, 0.25) is 0 Å². The molecule has 19 heavy (non-hydrogen) atoms. The first-order valence-corrected chi connectivity index (χ1v) is 6.50. The van der Waals surface area contributed by atoms with E-state index in [9.17, 15) is 0 Å². The number of hydrogen-bond acceptors (Lipinski definition) is 2. The fourth-order valence-electron chi connectivity index (χ4n) is 2.50. The molecule has 0 saturated heterocycles. The zero-order valence-electron chi connectivity index (χ0n) is 10.3. The van der Waals surface area contributed by atoms with Crippen LogP contribution >= 0.6 is 11.6 Å². The van der Waals surface area contributed by atoms with Gasteiger partial charge in [0.05, 0.1) is 0 Å². The maximum atomic E-state index is 8.22. The predicted octanol–water partition coefficient (Wildman–Crippen LogP) is 3.34.